The number of anilines is 1. The van der Waals surface area contributed by atoms with Crippen molar-refractivity contribution >= 4 is 29.9 Å². The van der Waals surface area contributed by atoms with Gasteiger partial charge in [0, 0.05) is 30.8 Å². The van der Waals surface area contributed by atoms with E-state index in [4.69, 9.17) is 5.73 Å². The van der Waals surface area contributed by atoms with Crippen LogP contribution < -0.4 is 16.4 Å². The number of nitrogens with one attached hydrogen (secondary N) is 2. The molecule has 0 aliphatic carbocycles. The Balaban J connectivity index is 0.00000400. The standard InChI is InChI=1S/C15H23N3O2.ClH/c1-10(2)8-14(19)18-13-5-4-12(9-11(13)3)15(20)17-7-6-16;/h4-5,9-10H,6-8,16H2,1-3H3,(H,17,20)(H,18,19);1H. The van der Waals surface area contributed by atoms with Crippen LogP contribution in [0.5, 0.6) is 0 Å². The summed E-state index contributed by atoms with van der Waals surface area (Å²) in [6, 6.07) is 5.21. The van der Waals surface area contributed by atoms with Crippen molar-refractivity contribution in [3.63, 3.8) is 0 Å². The SMILES string of the molecule is Cc1cc(C(=O)NCCN)ccc1NC(=O)CC(C)C.Cl. The van der Waals surface area contributed by atoms with Crippen molar-refractivity contribution in [1.82, 2.24) is 5.32 Å². The van der Waals surface area contributed by atoms with Crippen LogP contribution in [0.25, 0.3) is 0 Å². The molecule has 21 heavy (non-hydrogen) atoms. The van der Waals surface area contributed by atoms with Gasteiger partial charge in [0.15, 0.2) is 0 Å². The second-order valence-corrected chi connectivity index (χ2v) is 5.22. The molecule has 5 nitrogen and oxygen atoms in total. The average Bonchev–Trinajstić information content (AvgIpc) is 2.37. The van der Waals surface area contributed by atoms with Crippen LogP contribution in [0.4, 0.5) is 5.69 Å². The highest BCUT2D eigenvalue weighted by Gasteiger charge is 2.10. The lowest BCUT2D eigenvalue weighted by atomic mass is 10.1. The van der Waals surface area contributed by atoms with Crippen LogP contribution in [0.15, 0.2) is 18.2 Å². The summed E-state index contributed by atoms with van der Waals surface area (Å²) >= 11 is 0. The van der Waals surface area contributed by atoms with E-state index in [1.165, 1.54) is 0 Å². The number of nitrogens with two attached hydrogens (primary N) is 1. The lowest BCUT2D eigenvalue weighted by Gasteiger charge is -2.11. The van der Waals surface area contributed by atoms with E-state index in [9.17, 15) is 9.59 Å². The summed E-state index contributed by atoms with van der Waals surface area (Å²) in [5, 5.41) is 5.57. The third-order valence-corrected chi connectivity index (χ3v) is 2.79. The molecule has 0 atom stereocenters. The van der Waals surface area contributed by atoms with Crippen molar-refractivity contribution in [2.24, 2.45) is 11.7 Å². The number of carbonyl (C=O) groups excluding carboxylic acids is 2. The molecule has 0 aliphatic heterocycles. The van der Waals surface area contributed by atoms with Gasteiger partial charge in [0.1, 0.15) is 0 Å². The van der Waals surface area contributed by atoms with Crippen LogP contribution in [-0.4, -0.2) is 24.9 Å². The van der Waals surface area contributed by atoms with Crippen LogP contribution in [0.3, 0.4) is 0 Å². The van der Waals surface area contributed by atoms with Gasteiger partial charge in [0.25, 0.3) is 5.91 Å². The number of aryl methyl sites for hydroxylation is 1. The third kappa shape index (κ3) is 6.60. The van der Waals surface area contributed by atoms with Crippen LogP contribution in [0, 0.1) is 12.8 Å². The first-order valence-electron chi connectivity index (χ1n) is 6.82. The molecule has 0 aliphatic rings. The highest BCUT2D eigenvalue weighted by atomic mass is 35.5. The number of rotatable bonds is 6. The molecule has 0 saturated heterocycles. The zero-order valence-electron chi connectivity index (χ0n) is 12.7. The zero-order valence-corrected chi connectivity index (χ0v) is 13.5. The minimum atomic E-state index is -0.154. The highest BCUT2D eigenvalue weighted by molar-refractivity contribution is 5.96. The summed E-state index contributed by atoms with van der Waals surface area (Å²) in [5.74, 6) is 0.152. The van der Waals surface area contributed by atoms with Crippen molar-refractivity contribution in [3.05, 3.63) is 29.3 Å². The normalized spacial score (nSPS) is 9.95. The zero-order chi connectivity index (χ0) is 15.1. The van der Waals surface area contributed by atoms with Gasteiger partial charge in [-0.2, -0.15) is 0 Å². The maximum Gasteiger partial charge on any atom is 0.251 e. The van der Waals surface area contributed by atoms with Gasteiger partial charge in [-0.15, -0.1) is 12.4 Å². The Morgan fingerprint density at radius 1 is 1.29 bits per heavy atom. The molecule has 4 N–H and O–H groups in total. The largest absolute Gasteiger partial charge is 0.351 e. The first kappa shape index (κ1) is 19.4. The second kappa shape index (κ2) is 9.37. The van der Waals surface area contributed by atoms with Crippen molar-refractivity contribution in [2.75, 3.05) is 18.4 Å². The number of hydrogen-bond donors (Lipinski definition) is 3. The van der Waals surface area contributed by atoms with E-state index < -0.39 is 0 Å². The molecule has 0 radical (unpaired) electrons. The molecule has 118 valence electrons. The first-order chi connectivity index (χ1) is 9.43. The molecule has 0 saturated carbocycles. The molecular weight excluding hydrogens is 290 g/mol. The molecular formula is C15H24ClN3O2. The minimum absolute atomic E-state index is 0. The van der Waals surface area contributed by atoms with Crippen molar-refractivity contribution in [3.8, 4) is 0 Å². The Bertz CT molecular complexity index is 490. The van der Waals surface area contributed by atoms with Crippen molar-refractivity contribution in [1.29, 1.82) is 0 Å². The molecule has 0 bridgehead atoms. The van der Waals surface area contributed by atoms with Gasteiger partial charge >= 0.3 is 0 Å². The summed E-state index contributed by atoms with van der Waals surface area (Å²) in [6.45, 7) is 6.72. The highest BCUT2D eigenvalue weighted by Crippen LogP contribution is 2.17. The quantitative estimate of drug-likeness (QED) is 0.752. The number of benzene rings is 1. The summed E-state index contributed by atoms with van der Waals surface area (Å²) in [6.07, 6.45) is 0.484. The molecule has 1 aromatic rings. The molecule has 6 heteroatoms. The van der Waals surface area contributed by atoms with Crippen molar-refractivity contribution < 1.29 is 9.59 Å². The van der Waals surface area contributed by atoms with E-state index >= 15 is 0 Å². The van der Waals surface area contributed by atoms with Gasteiger partial charge in [-0.1, -0.05) is 13.8 Å². The molecule has 0 unspecified atom stereocenters. The summed E-state index contributed by atoms with van der Waals surface area (Å²) in [4.78, 5) is 23.5. The van der Waals surface area contributed by atoms with E-state index in [0.717, 1.165) is 11.3 Å². The Morgan fingerprint density at radius 3 is 2.48 bits per heavy atom. The Kier molecular flexibility index (Phi) is 8.66. The van der Waals surface area contributed by atoms with Crippen molar-refractivity contribution in [2.45, 2.75) is 27.2 Å². The van der Waals surface area contributed by atoms with E-state index in [-0.39, 0.29) is 24.2 Å². The fourth-order valence-corrected chi connectivity index (χ4v) is 1.80. The Hall–Kier alpha value is -1.59. The molecule has 0 fully saturated rings. The lowest BCUT2D eigenvalue weighted by Crippen LogP contribution is -2.29. The maximum atomic E-state index is 11.8. The van der Waals surface area contributed by atoms with E-state index in [0.29, 0.717) is 31.0 Å². The van der Waals surface area contributed by atoms with Crippen LogP contribution in [0.2, 0.25) is 0 Å². The van der Waals surface area contributed by atoms with Gasteiger partial charge < -0.3 is 16.4 Å². The number of halogens is 1. The Morgan fingerprint density at radius 2 is 1.95 bits per heavy atom. The Labute approximate surface area is 132 Å². The number of amides is 2. The summed E-state index contributed by atoms with van der Waals surface area (Å²) in [7, 11) is 0. The first-order valence-corrected chi connectivity index (χ1v) is 6.82. The van der Waals surface area contributed by atoms with Gasteiger partial charge in [-0.3, -0.25) is 9.59 Å². The van der Waals surface area contributed by atoms with Crippen LogP contribution in [0.1, 0.15) is 36.2 Å². The van der Waals surface area contributed by atoms with Gasteiger partial charge in [0.05, 0.1) is 0 Å². The molecule has 0 heterocycles. The smallest absolute Gasteiger partial charge is 0.251 e. The molecule has 2 amide bonds. The maximum absolute atomic E-state index is 11.8. The molecule has 1 rings (SSSR count). The molecule has 0 spiro atoms. The second-order valence-electron chi connectivity index (χ2n) is 5.22. The average molecular weight is 314 g/mol. The van der Waals surface area contributed by atoms with Gasteiger partial charge in [-0.05, 0) is 36.6 Å². The predicted molar refractivity (Wildman–Crippen MR) is 87.9 cm³/mol. The van der Waals surface area contributed by atoms with E-state index in [1.54, 1.807) is 18.2 Å². The minimum Gasteiger partial charge on any atom is -0.351 e. The lowest BCUT2D eigenvalue weighted by molar-refractivity contribution is -0.116. The topological polar surface area (TPSA) is 84.2 Å². The van der Waals surface area contributed by atoms with E-state index in [2.05, 4.69) is 10.6 Å². The fraction of sp³-hybridized carbons (Fsp3) is 0.467. The number of carbonyl (C=O) groups is 2. The predicted octanol–water partition coefficient (Wildman–Crippen LogP) is 2.09. The summed E-state index contributed by atoms with van der Waals surface area (Å²) in [5.41, 5.74) is 7.51. The van der Waals surface area contributed by atoms with Crippen LogP contribution >= 0.6 is 12.4 Å². The van der Waals surface area contributed by atoms with Gasteiger partial charge in [0.2, 0.25) is 5.91 Å². The number of hydrogen-bond acceptors (Lipinski definition) is 3. The molecule has 0 aromatic heterocycles. The van der Waals surface area contributed by atoms with E-state index in [1.807, 2.05) is 20.8 Å². The molecule has 1 aromatic carbocycles. The monoisotopic (exact) mass is 313 g/mol. The van der Waals surface area contributed by atoms with Gasteiger partial charge in [-0.25, -0.2) is 0 Å². The summed E-state index contributed by atoms with van der Waals surface area (Å²) < 4.78 is 0. The van der Waals surface area contributed by atoms with Crippen LogP contribution in [-0.2, 0) is 4.79 Å². The fourth-order valence-electron chi connectivity index (χ4n) is 1.80. The third-order valence-electron chi connectivity index (χ3n) is 2.79.